The lowest BCUT2D eigenvalue weighted by Gasteiger charge is -2.07. The summed E-state index contributed by atoms with van der Waals surface area (Å²) in [4.78, 5) is 0. The number of para-hydroxylation sites is 1. The minimum absolute atomic E-state index is 0.0643. The van der Waals surface area contributed by atoms with E-state index in [0.717, 1.165) is 5.75 Å². The van der Waals surface area contributed by atoms with Crippen LogP contribution in [0.1, 0.15) is 6.42 Å². The van der Waals surface area contributed by atoms with Crippen LogP contribution >= 0.6 is 0 Å². The standard InChI is InChI=1S/C11H18N2O3S/c12-7-4-10-17(14,15)13-8-9-16-11-5-2-1-3-6-11/h1-3,5-6,13H,4,7-10,12H2. The first kappa shape index (κ1) is 14.0. The topological polar surface area (TPSA) is 81.4 Å². The molecule has 96 valence electrons. The molecule has 5 nitrogen and oxygen atoms in total. The lowest BCUT2D eigenvalue weighted by Crippen LogP contribution is -2.31. The van der Waals surface area contributed by atoms with Crippen molar-refractivity contribution in [1.82, 2.24) is 4.72 Å². The smallest absolute Gasteiger partial charge is 0.211 e. The van der Waals surface area contributed by atoms with Crippen molar-refractivity contribution < 1.29 is 13.2 Å². The molecular formula is C11H18N2O3S. The van der Waals surface area contributed by atoms with E-state index in [0.29, 0.717) is 19.6 Å². The number of sulfonamides is 1. The molecule has 0 fully saturated rings. The van der Waals surface area contributed by atoms with Crippen LogP contribution in [0.2, 0.25) is 0 Å². The van der Waals surface area contributed by atoms with Crippen LogP contribution in [0, 0.1) is 0 Å². The fourth-order valence-corrected chi connectivity index (χ4v) is 2.31. The second-order valence-corrected chi connectivity index (χ2v) is 5.44. The minimum atomic E-state index is -3.21. The Bertz CT molecular complexity index is 406. The summed E-state index contributed by atoms with van der Waals surface area (Å²) < 4.78 is 30.6. The van der Waals surface area contributed by atoms with Gasteiger partial charge in [0.25, 0.3) is 0 Å². The van der Waals surface area contributed by atoms with Crippen molar-refractivity contribution in [3.63, 3.8) is 0 Å². The average molecular weight is 258 g/mol. The molecule has 0 aliphatic carbocycles. The molecule has 0 amide bonds. The van der Waals surface area contributed by atoms with E-state index in [1.54, 1.807) is 0 Å². The zero-order chi connectivity index (χ0) is 12.6. The van der Waals surface area contributed by atoms with Crippen molar-refractivity contribution in [3.8, 4) is 5.75 Å². The van der Waals surface area contributed by atoms with E-state index in [1.807, 2.05) is 30.3 Å². The fraction of sp³-hybridized carbons (Fsp3) is 0.455. The van der Waals surface area contributed by atoms with E-state index in [2.05, 4.69) is 4.72 Å². The molecule has 1 aromatic carbocycles. The Kier molecular flexibility index (Phi) is 5.96. The van der Waals surface area contributed by atoms with Gasteiger partial charge < -0.3 is 10.5 Å². The first-order valence-electron chi connectivity index (χ1n) is 5.49. The molecule has 3 N–H and O–H groups in total. The van der Waals surface area contributed by atoms with Crippen LogP contribution in [-0.4, -0.2) is 33.9 Å². The van der Waals surface area contributed by atoms with Gasteiger partial charge in [0.15, 0.2) is 0 Å². The number of nitrogens with one attached hydrogen (secondary N) is 1. The average Bonchev–Trinajstić information content (AvgIpc) is 2.34. The number of nitrogens with two attached hydrogens (primary N) is 1. The second kappa shape index (κ2) is 7.26. The lowest BCUT2D eigenvalue weighted by molar-refractivity contribution is 0.323. The summed E-state index contributed by atoms with van der Waals surface area (Å²) in [6.07, 6.45) is 0.467. The molecule has 0 heterocycles. The number of rotatable bonds is 8. The monoisotopic (exact) mass is 258 g/mol. The summed E-state index contributed by atoms with van der Waals surface area (Å²) in [5.41, 5.74) is 5.25. The molecule has 0 aliphatic rings. The quantitative estimate of drug-likeness (QED) is 0.659. The van der Waals surface area contributed by atoms with Crippen molar-refractivity contribution in [1.29, 1.82) is 0 Å². The molecule has 0 aromatic heterocycles. The molecule has 1 rings (SSSR count). The van der Waals surface area contributed by atoms with Crippen LogP contribution in [-0.2, 0) is 10.0 Å². The Hall–Kier alpha value is -1.11. The molecular weight excluding hydrogens is 240 g/mol. The fourth-order valence-electron chi connectivity index (χ4n) is 1.23. The Balaban J connectivity index is 2.20. The zero-order valence-corrected chi connectivity index (χ0v) is 10.4. The predicted octanol–water partition coefficient (Wildman–Crippen LogP) is 0.334. The predicted molar refractivity (Wildman–Crippen MR) is 67.4 cm³/mol. The van der Waals surface area contributed by atoms with Gasteiger partial charge in [0.05, 0.1) is 5.75 Å². The molecule has 1 aromatic rings. The van der Waals surface area contributed by atoms with E-state index in [1.165, 1.54) is 0 Å². The van der Waals surface area contributed by atoms with Gasteiger partial charge in [-0.3, -0.25) is 0 Å². The minimum Gasteiger partial charge on any atom is -0.492 e. The van der Waals surface area contributed by atoms with Crippen molar-refractivity contribution in [3.05, 3.63) is 30.3 Å². The first-order chi connectivity index (χ1) is 8.14. The van der Waals surface area contributed by atoms with Crippen LogP contribution < -0.4 is 15.2 Å². The van der Waals surface area contributed by atoms with Gasteiger partial charge in [-0.15, -0.1) is 0 Å². The van der Waals surface area contributed by atoms with E-state index >= 15 is 0 Å². The Morgan fingerprint density at radius 2 is 1.94 bits per heavy atom. The van der Waals surface area contributed by atoms with Crippen LogP contribution in [0.5, 0.6) is 5.75 Å². The highest BCUT2D eigenvalue weighted by Gasteiger charge is 2.07. The highest BCUT2D eigenvalue weighted by molar-refractivity contribution is 7.89. The molecule has 6 heteroatoms. The molecule has 0 spiro atoms. The maximum absolute atomic E-state index is 11.4. The number of hydrogen-bond donors (Lipinski definition) is 2. The Morgan fingerprint density at radius 3 is 2.59 bits per heavy atom. The summed E-state index contributed by atoms with van der Waals surface area (Å²) in [5.74, 6) is 0.795. The summed E-state index contributed by atoms with van der Waals surface area (Å²) in [6.45, 7) is 0.953. The lowest BCUT2D eigenvalue weighted by atomic mass is 10.3. The molecule has 0 radical (unpaired) electrons. The van der Waals surface area contributed by atoms with Gasteiger partial charge in [-0.05, 0) is 25.1 Å². The van der Waals surface area contributed by atoms with Crippen LogP contribution in [0.25, 0.3) is 0 Å². The molecule has 0 atom stereocenters. The van der Waals surface area contributed by atoms with E-state index in [4.69, 9.17) is 10.5 Å². The van der Waals surface area contributed by atoms with Crippen LogP contribution in [0.15, 0.2) is 30.3 Å². The second-order valence-electron chi connectivity index (χ2n) is 3.52. The van der Waals surface area contributed by atoms with Crippen molar-refractivity contribution >= 4 is 10.0 Å². The summed E-state index contributed by atoms with van der Waals surface area (Å²) in [5, 5.41) is 0. The van der Waals surface area contributed by atoms with E-state index in [-0.39, 0.29) is 12.3 Å². The largest absolute Gasteiger partial charge is 0.492 e. The highest BCUT2D eigenvalue weighted by Crippen LogP contribution is 2.07. The maximum atomic E-state index is 11.4. The molecule has 0 aliphatic heterocycles. The number of hydrogen-bond acceptors (Lipinski definition) is 4. The molecule has 0 bridgehead atoms. The highest BCUT2D eigenvalue weighted by atomic mass is 32.2. The molecule has 17 heavy (non-hydrogen) atoms. The van der Waals surface area contributed by atoms with Crippen molar-refractivity contribution in [2.24, 2.45) is 5.73 Å². The Labute approximate surface area is 102 Å². The van der Waals surface area contributed by atoms with Gasteiger partial charge in [0.2, 0.25) is 10.0 Å². The Morgan fingerprint density at radius 1 is 1.24 bits per heavy atom. The van der Waals surface area contributed by atoms with Gasteiger partial charge >= 0.3 is 0 Å². The van der Waals surface area contributed by atoms with E-state index in [9.17, 15) is 8.42 Å². The van der Waals surface area contributed by atoms with Crippen LogP contribution in [0.3, 0.4) is 0 Å². The van der Waals surface area contributed by atoms with Gasteiger partial charge in [-0.25, -0.2) is 13.1 Å². The molecule has 0 unspecified atom stereocenters. The number of benzene rings is 1. The SMILES string of the molecule is NCCCS(=O)(=O)NCCOc1ccccc1. The summed E-state index contributed by atoms with van der Waals surface area (Å²) >= 11 is 0. The molecule has 0 saturated heterocycles. The van der Waals surface area contributed by atoms with Crippen LogP contribution in [0.4, 0.5) is 0 Å². The first-order valence-corrected chi connectivity index (χ1v) is 7.14. The summed E-state index contributed by atoms with van der Waals surface area (Å²) in [6, 6.07) is 9.26. The van der Waals surface area contributed by atoms with Gasteiger partial charge in [0, 0.05) is 6.54 Å². The molecule has 0 saturated carbocycles. The maximum Gasteiger partial charge on any atom is 0.211 e. The summed E-state index contributed by atoms with van der Waals surface area (Å²) in [7, 11) is -3.21. The third-order valence-corrected chi connectivity index (χ3v) is 3.52. The van der Waals surface area contributed by atoms with Gasteiger partial charge in [-0.2, -0.15) is 0 Å². The zero-order valence-electron chi connectivity index (χ0n) is 9.63. The van der Waals surface area contributed by atoms with Gasteiger partial charge in [0.1, 0.15) is 12.4 Å². The number of ether oxygens (including phenoxy) is 1. The van der Waals surface area contributed by atoms with Crippen molar-refractivity contribution in [2.75, 3.05) is 25.4 Å². The van der Waals surface area contributed by atoms with Crippen molar-refractivity contribution in [2.45, 2.75) is 6.42 Å². The third kappa shape index (κ3) is 6.25. The van der Waals surface area contributed by atoms with Gasteiger partial charge in [-0.1, -0.05) is 18.2 Å². The van der Waals surface area contributed by atoms with E-state index < -0.39 is 10.0 Å². The normalized spacial score (nSPS) is 11.4. The third-order valence-electron chi connectivity index (χ3n) is 2.05.